The minimum atomic E-state index is -0.101. The van der Waals surface area contributed by atoms with Crippen molar-refractivity contribution >= 4 is 35.8 Å². The Morgan fingerprint density at radius 3 is 2.50 bits per heavy atom. The molecule has 5 heteroatoms. The smallest absolute Gasteiger partial charge is 0.225 e. The van der Waals surface area contributed by atoms with Crippen molar-refractivity contribution in [3.8, 4) is 0 Å². The first-order valence-corrected chi connectivity index (χ1v) is 7.14. The van der Waals surface area contributed by atoms with Crippen molar-refractivity contribution in [2.45, 2.75) is 25.8 Å². The van der Waals surface area contributed by atoms with Crippen molar-refractivity contribution in [1.82, 2.24) is 0 Å². The van der Waals surface area contributed by atoms with Gasteiger partial charge in [-0.05, 0) is 43.0 Å². The fraction of sp³-hybridized carbons (Fsp3) is 0.462. The maximum atomic E-state index is 11.5. The van der Waals surface area contributed by atoms with Crippen molar-refractivity contribution < 1.29 is 4.79 Å². The average molecular weight is 289 g/mol. The van der Waals surface area contributed by atoms with E-state index in [1.54, 1.807) is 0 Å². The number of amides is 1. The van der Waals surface area contributed by atoms with Gasteiger partial charge in [0.25, 0.3) is 0 Å². The summed E-state index contributed by atoms with van der Waals surface area (Å²) in [5.74, 6) is 1.09. The topological polar surface area (TPSA) is 55.1 Å². The van der Waals surface area contributed by atoms with Crippen molar-refractivity contribution in [1.29, 1.82) is 0 Å². The van der Waals surface area contributed by atoms with E-state index in [2.05, 4.69) is 23.7 Å². The van der Waals surface area contributed by atoms with Gasteiger partial charge in [0.15, 0.2) is 0 Å². The van der Waals surface area contributed by atoms with Gasteiger partial charge < -0.3 is 11.1 Å². The van der Waals surface area contributed by atoms with Crippen molar-refractivity contribution in [2.24, 2.45) is 5.73 Å². The molecule has 1 aromatic carbocycles. The molecule has 1 unspecified atom stereocenters. The van der Waals surface area contributed by atoms with Crippen LogP contribution in [0.4, 0.5) is 5.69 Å². The Kier molecular flexibility index (Phi) is 8.89. The van der Waals surface area contributed by atoms with Crippen LogP contribution in [0.1, 0.15) is 18.9 Å². The zero-order valence-corrected chi connectivity index (χ0v) is 12.4. The lowest BCUT2D eigenvalue weighted by Gasteiger charge is -2.08. The predicted molar refractivity (Wildman–Crippen MR) is 82.7 cm³/mol. The summed E-state index contributed by atoms with van der Waals surface area (Å²) in [6.07, 6.45) is 3.52. The summed E-state index contributed by atoms with van der Waals surface area (Å²) < 4.78 is 0. The van der Waals surface area contributed by atoms with E-state index < -0.39 is 0 Å². The van der Waals surface area contributed by atoms with Gasteiger partial charge in [-0.3, -0.25) is 4.79 Å². The summed E-state index contributed by atoms with van der Waals surface area (Å²) in [6, 6.07) is 7.88. The molecule has 0 aliphatic carbocycles. The van der Waals surface area contributed by atoms with E-state index in [1.807, 2.05) is 30.8 Å². The first-order valence-electron chi connectivity index (χ1n) is 5.75. The Morgan fingerprint density at radius 1 is 1.39 bits per heavy atom. The van der Waals surface area contributed by atoms with E-state index in [1.165, 1.54) is 5.56 Å². The third kappa shape index (κ3) is 6.89. The van der Waals surface area contributed by atoms with E-state index in [0.717, 1.165) is 17.9 Å². The normalized spacial score (nSPS) is 11.5. The molecule has 1 atom stereocenters. The van der Waals surface area contributed by atoms with E-state index >= 15 is 0 Å². The molecule has 1 rings (SSSR count). The molecule has 0 saturated carbocycles. The Bertz CT molecular complexity index is 355. The molecular weight excluding hydrogens is 268 g/mol. The number of nitrogens with one attached hydrogen (secondary N) is 1. The van der Waals surface area contributed by atoms with Crippen LogP contribution in [-0.4, -0.2) is 24.0 Å². The summed E-state index contributed by atoms with van der Waals surface area (Å²) >= 11 is 1.83. The number of thioether (sulfide) groups is 1. The highest BCUT2D eigenvalue weighted by molar-refractivity contribution is 7.98. The second-order valence-corrected chi connectivity index (χ2v) is 5.15. The molecule has 0 fully saturated rings. The molecule has 1 amide bonds. The molecule has 0 aromatic heterocycles. The van der Waals surface area contributed by atoms with Crippen LogP contribution in [0, 0.1) is 0 Å². The highest BCUT2D eigenvalue weighted by atomic mass is 35.5. The number of hydrogen-bond donors (Lipinski definition) is 2. The van der Waals surface area contributed by atoms with Gasteiger partial charge in [0.2, 0.25) is 5.91 Å². The summed E-state index contributed by atoms with van der Waals surface area (Å²) in [4.78, 5) is 11.5. The second-order valence-electron chi connectivity index (χ2n) is 4.17. The van der Waals surface area contributed by atoms with Crippen LogP contribution in [0.2, 0.25) is 0 Å². The molecule has 0 heterocycles. The Balaban J connectivity index is 0.00000289. The second kappa shape index (κ2) is 9.25. The maximum Gasteiger partial charge on any atom is 0.225 e. The van der Waals surface area contributed by atoms with Crippen LogP contribution in [0.25, 0.3) is 0 Å². The molecule has 3 N–H and O–H groups in total. The number of nitrogens with two attached hydrogens (primary N) is 1. The fourth-order valence-corrected chi connectivity index (χ4v) is 1.92. The van der Waals surface area contributed by atoms with Gasteiger partial charge in [0.05, 0.1) is 0 Å². The molecule has 0 bridgehead atoms. The zero-order chi connectivity index (χ0) is 12.7. The number of hydrogen-bond acceptors (Lipinski definition) is 3. The Labute approximate surface area is 119 Å². The first kappa shape index (κ1) is 17.3. The van der Waals surface area contributed by atoms with Gasteiger partial charge in [0.1, 0.15) is 0 Å². The largest absolute Gasteiger partial charge is 0.327 e. The lowest BCUT2D eigenvalue weighted by atomic mass is 10.1. The lowest BCUT2D eigenvalue weighted by Crippen LogP contribution is -2.23. The van der Waals surface area contributed by atoms with E-state index in [4.69, 9.17) is 5.73 Å². The van der Waals surface area contributed by atoms with Crippen molar-refractivity contribution in [3.05, 3.63) is 29.8 Å². The third-order valence-electron chi connectivity index (χ3n) is 2.34. The highest BCUT2D eigenvalue weighted by Crippen LogP contribution is 2.11. The first-order chi connectivity index (χ1) is 8.11. The summed E-state index contributed by atoms with van der Waals surface area (Å²) in [5, 5.41) is 2.83. The molecule has 3 nitrogen and oxygen atoms in total. The molecule has 1 aromatic rings. The molecule has 0 aliphatic heterocycles. The predicted octanol–water partition coefficient (Wildman–Crippen LogP) is 2.69. The van der Waals surface area contributed by atoms with Gasteiger partial charge in [-0.25, -0.2) is 0 Å². The number of halogens is 1. The van der Waals surface area contributed by atoms with Crippen molar-refractivity contribution in [3.63, 3.8) is 0 Å². The molecular formula is C13H21ClN2OS. The van der Waals surface area contributed by atoms with E-state index in [0.29, 0.717) is 6.42 Å². The van der Waals surface area contributed by atoms with Gasteiger partial charge in [-0.1, -0.05) is 12.1 Å². The summed E-state index contributed by atoms with van der Waals surface area (Å²) in [7, 11) is 0. The summed E-state index contributed by atoms with van der Waals surface area (Å²) in [6.45, 7) is 1.82. The van der Waals surface area contributed by atoms with Crippen LogP contribution >= 0.6 is 24.2 Å². The van der Waals surface area contributed by atoms with Crippen LogP contribution in [0.15, 0.2) is 24.3 Å². The van der Waals surface area contributed by atoms with Gasteiger partial charge in [-0.15, -0.1) is 12.4 Å². The minimum absolute atomic E-state index is 0. The van der Waals surface area contributed by atoms with Crippen LogP contribution in [-0.2, 0) is 11.2 Å². The van der Waals surface area contributed by atoms with Gasteiger partial charge >= 0.3 is 0 Å². The van der Waals surface area contributed by atoms with Crippen LogP contribution in [0.3, 0.4) is 0 Å². The number of rotatable bonds is 6. The molecule has 102 valence electrons. The third-order valence-corrected chi connectivity index (χ3v) is 2.95. The molecule has 0 spiro atoms. The number of carbonyl (C=O) groups is 1. The average Bonchev–Trinajstić information content (AvgIpc) is 2.27. The highest BCUT2D eigenvalue weighted by Gasteiger charge is 2.05. The fourth-order valence-electron chi connectivity index (χ4n) is 1.48. The van der Waals surface area contributed by atoms with E-state index in [-0.39, 0.29) is 24.4 Å². The standard InChI is InChI=1S/C13H20N2OS.ClH/c1-10(14)9-13(16)15-12-5-3-11(4-6-12)7-8-17-2;/h3-6,10H,7-9,14H2,1-2H3,(H,15,16);1H. The lowest BCUT2D eigenvalue weighted by molar-refractivity contribution is -0.116. The number of benzene rings is 1. The van der Waals surface area contributed by atoms with Gasteiger partial charge in [0, 0.05) is 18.2 Å². The molecule has 0 radical (unpaired) electrons. The van der Waals surface area contributed by atoms with Crippen molar-refractivity contribution in [2.75, 3.05) is 17.3 Å². The molecule has 18 heavy (non-hydrogen) atoms. The maximum absolute atomic E-state index is 11.5. The Hall–Kier alpha value is -0.710. The molecule has 0 saturated heterocycles. The van der Waals surface area contributed by atoms with Crippen LogP contribution in [0.5, 0.6) is 0 Å². The molecule has 0 aliphatic rings. The quantitative estimate of drug-likeness (QED) is 0.846. The zero-order valence-electron chi connectivity index (χ0n) is 10.8. The Morgan fingerprint density at radius 2 is 2.00 bits per heavy atom. The SMILES string of the molecule is CSCCc1ccc(NC(=O)CC(C)N)cc1.Cl. The van der Waals surface area contributed by atoms with Gasteiger partial charge in [-0.2, -0.15) is 11.8 Å². The number of aryl methyl sites for hydroxylation is 1. The van der Waals surface area contributed by atoms with E-state index in [9.17, 15) is 4.79 Å². The number of carbonyl (C=O) groups excluding carboxylic acids is 1. The monoisotopic (exact) mass is 288 g/mol. The van der Waals surface area contributed by atoms with Crippen LogP contribution < -0.4 is 11.1 Å². The minimum Gasteiger partial charge on any atom is -0.327 e. The summed E-state index contributed by atoms with van der Waals surface area (Å²) in [5.41, 5.74) is 7.70. The number of anilines is 1.